The zero-order valence-electron chi connectivity index (χ0n) is 17.7. The summed E-state index contributed by atoms with van der Waals surface area (Å²) in [7, 11) is 0. The number of para-hydroxylation sites is 1. The molecular formula is C29H21N3. The van der Waals surface area contributed by atoms with Gasteiger partial charge in [0.15, 0.2) is 0 Å². The lowest BCUT2D eigenvalue weighted by molar-refractivity contribution is 1.27. The van der Waals surface area contributed by atoms with Crippen molar-refractivity contribution in [3.8, 4) is 6.07 Å². The smallest absolute Gasteiger partial charge is 0.212 e. The number of hydrogen-bond acceptors (Lipinski definition) is 2. The molecule has 3 nitrogen and oxygen atoms in total. The highest BCUT2D eigenvalue weighted by Crippen LogP contribution is 2.36. The summed E-state index contributed by atoms with van der Waals surface area (Å²) >= 11 is 0. The first-order valence-corrected chi connectivity index (χ1v) is 10.3. The minimum atomic E-state index is 0.360. The Kier molecular flexibility index (Phi) is 6.12. The zero-order valence-corrected chi connectivity index (χ0v) is 17.7. The quantitative estimate of drug-likeness (QED) is 0.191. The maximum Gasteiger partial charge on any atom is 0.212 e. The Bertz CT molecular complexity index is 1310. The molecule has 0 saturated carbocycles. The van der Waals surface area contributed by atoms with Crippen LogP contribution in [0.2, 0.25) is 0 Å². The highest BCUT2D eigenvalue weighted by atomic mass is 15.1. The summed E-state index contributed by atoms with van der Waals surface area (Å²) in [5.74, 6) is 0. The number of nitriles is 1. The first kappa shape index (κ1) is 20.7. The van der Waals surface area contributed by atoms with E-state index in [1.807, 2.05) is 72.8 Å². The van der Waals surface area contributed by atoms with Crippen LogP contribution in [0.3, 0.4) is 0 Å². The molecular weight excluding hydrogens is 390 g/mol. The molecule has 0 N–H and O–H groups in total. The molecule has 0 aromatic heterocycles. The molecule has 0 saturated heterocycles. The molecule has 0 aliphatic rings. The maximum atomic E-state index is 9.84. The van der Waals surface area contributed by atoms with E-state index in [1.54, 1.807) is 0 Å². The fourth-order valence-corrected chi connectivity index (χ4v) is 3.61. The maximum absolute atomic E-state index is 9.84. The van der Waals surface area contributed by atoms with Crippen molar-refractivity contribution in [3.05, 3.63) is 137 Å². The van der Waals surface area contributed by atoms with Crippen molar-refractivity contribution >= 4 is 28.3 Å². The second-order valence-electron chi connectivity index (χ2n) is 7.37. The SMILES string of the molecule is [C-]#[N+]/C(=C(/C#N)c1ccc(N(c2ccccc2)c2ccc(C)cc2)cc1)c1ccccc1. The van der Waals surface area contributed by atoms with Gasteiger partial charge in [-0.2, -0.15) is 5.26 Å². The molecule has 0 amide bonds. The Morgan fingerprint density at radius 2 is 1.19 bits per heavy atom. The summed E-state index contributed by atoms with van der Waals surface area (Å²) in [5.41, 5.74) is 6.48. The van der Waals surface area contributed by atoms with Crippen molar-refractivity contribution in [3.63, 3.8) is 0 Å². The largest absolute Gasteiger partial charge is 0.311 e. The van der Waals surface area contributed by atoms with E-state index in [0.717, 1.165) is 28.2 Å². The van der Waals surface area contributed by atoms with Gasteiger partial charge < -0.3 is 4.90 Å². The Morgan fingerprint density at radius 1 is 0.688 bits per heavy atom. The topological polar surface area (TPSA) is 31.4 Å². The third kappa shape index (κ3) is 4.29. The van der Waals surface area contributed by atoms with Crippen molar-refractivity contribution in [2.24, 2.45) is 0 Å². The Hall–Kier alpha value is -4.60. The molecule has 0 unspecified atom stereocenters. The molecule has 0 radical (unpaired) electrons. The fraction of sp³-hybridized carbons (Fsp3) is 0.0345. The molecule has 0 bridgehead atoms. The van der Waals surface area contributed by atoms with E-state index in [0.29, 0.717) is 11.3 Å². The molecule has 0 spiro atoms. The normalized spacial score (nSPS) is 11.1. The molecule has 4 aromatic carbocycles. The van der Waals surface area contributed by atoms with Gasteiger partial charge in [0.2, 0.25) is 5.70 Å². The number of allylic oxidation sites excluding steroid dienone is 1. The van der Waals surface area contributed by atoms with E-state index < -0.39 is 0 Å². The highest BCUT2D eigenvalue weighted by molar-refractivity contribution is 6.00. The van der Waals surface area contributed by atoms with Crippen LogP contribution < -0.4 is 4.90 Å². The third-order valence-corrected chi connectivity index (χ3v) is 5.23. The lowest BCUT2D eigenvalue weighted by atomic mass is 10.00. The van der Waals surface area contributed by atoms with E-state index >= 15 is 0 Å². The van der Waals surface area contributed by atoms with Gasteiger partial charge in [0.05, 0.1) is 18.2 Å². The van der Waals surface area contributed by atoms with Gasteiger partial charge in [-0.15, -0.1) is 0 Å². The second-order valence-corrected chi connectivity index (χ2v) is 7.37. The number of rotatable bonds is 5. The summed E-state index contributed by atoms with van der Waals surface area (Å²) in [6.45, 7) is 9.71. The number of benzene rings is 4. The predicted molar refractivity (Wildman–Crippen MR) is 131 cm³/mol. The van der Waals surface area contributed by atoms with Crippen molar-refractivity contribution < 1.29 is 0 Å². The molecule has 152 valence electrons. The minimum Gasteiger partial charge on any atom is -0.311 e. The lowest BCUT2D eigenvalue weighted by Gasteiger charge is -2.25. The van der Waals surface area contributed by atoms with Gasteiger partial charge in [0, 0.05) is 17.1 Å². The minimum absolute atomic E-state index is 0.360. The highest BCUT2D eigenvalue weighted by Gasteiger charge is 2.15. The summed E-state index contributed by atoms with van der Waals surface area (Å²) in [5, 5.41) is 9.84. The lowest BCUT2D eigenvalue weighted by Crippen LogP contribution is -2.09. The van der Waals surface area contributed by atoms with Crippen LogP contribution in [0.4, 0.5) is 17.1 Å². The third-order valence-electron chi connectivity index (χ3n) is 5.23. The summed E-state index contributed by atoms with van der Waals surface area (Å²) in [6, 6.07) is 38.0. The average Bonchev–Trinajstić information content (AvgIpc) is 2.85. The second kappa shape index (κ2) is 9.47. The Balaban J connectivity index is 1.78. The van der Waals surface area contributed by atoms with Crippen LogP contribution in [0.25, 0.3) is 16.1 Å². The molecule has 0 atom stereocenters. The van der Waals surface area contributed by atoms with E-state index in [9.17, 15) is 5.26 Å². The van der Waals surface area contributed by atoms with Crippen LogP contribution in [0.1, 0.15) is 16.7 Å². The van der Waals surface area contributed by atoms with E-state index in [4.69, 9.17) is 6.57 Å². The molecule has 32 heavy (non-hydrogen) atoms. The summed E-state index contributed by atoms with van der Waals surface area (Å²) in [6.07, 6.45) is 0. The molecule has 3 heteroatoms. The number of aryl methyl sites for hydroxylation is 1. The van der Waals surface area contributed by atoms with Crippen LogP contribution in [0.15, 0.2) is 109 Å². The fourth-order valence-electron chi connectivity index (χ4n) is 3.61. The molecule has 4 rings (SSSR count). The van der Waals surface area contributed by atoms with Crippen molar-refractivity contribution in [1.82, 2.24) is 0 Å². The first-order valence-electron chi connectivity index (χ1n) is 10.3. The number of nitrogens with zero attached hydrogens (tertiary/aromatic N) is 3. The average molecular weight is 412 g/mol. The summed E-state index contributed by atoms with van der Waals surface area (Å²) in [4.78, 5) is 5.84. The van der Waals surface area contributed by atoms with Crippen LogP contribution in [-0.2, 0) is 0 Å². The molecule has 0 aliphatic heterocycles. The van der Waals surface area contributed by atoms with E-state index in [1.165, 1.54) is 5.56 Å². The predicted octanol–water partition coefficient (Wildman–Crippen LogP) is 7.78. The van der Waals surface area contributed by atoms with Crippen LogP contribution in [-0.4, -0.2) is 0 Å². The van der Waals surface area contributed by atoms with Crippen molar-refractivity contribution in [2.75, 3.05) is 4.90 Å². The Labute approximate surface area is 188 Å². The molecule has 4 aromatic rings. The van der Waals surface area contributed by atoms with Gasteiger partial charge in [0.25, 0.3) is 0 Å². The standard InChI is InChI=1S/C29H21N3/c1-22-13-17-26(18-14-22)32(25-11-7-4-8-12-25)27-19-15-23(16-20-27)28(21-30)29(31-2)24-9-5-3-6-10-24/h3-20H,1H3/b29-28-. The van der Waals surface area contributed by atoms with E-state index in [2.05, 4.69) is 59.1 Å². The van der Waals surface area contributed by atoms with Crippen LogP contribution in [0, 0.1) is 24.8 Å². The van der Waals surface area contributed by atoms with Gasteiger partial charge in [-0.05, 0) is 54.4 Å². The first-order chi connectivity index (χ1) is 15.7. The number of hydrogen-bond donors (Lipinski definition) is 0. The Morgan fingerprint density at radius 3 is 1.72 bits per heavy atom. The monoisotopic (exact) mass is 411 g/mol. The zero-order chi connectivity index (χ0) is 22.3. The van der Waals surface area contributed by atoms with E-state index in [-0.39, 0.29) is 0 Å². The van der Waals surface area contributed by atoms with Crippen LogP contribution in [0.5, 0.6) is 0 Å². The molecule has 0 aliphatic carbocycles. The van der Waals surface area contributed by atoms with Gasteiger partial charge in [0.1, 0.15) is 0 Å². The molecule has 0 heterocycles. The van der Waals surface area contributed by atoms with Crippen LogP contribution >= 0.6 is 0 Å². The van der Waals surface area contributed by atoms with Crippen molar-refractivity contribution in [1.29, 1.82) is 5.26 Å². The van der Waals surface area contributed by atoms with Gasteiger partial charge in [-0.1, -0.05) is 78.4 Å². The van der Waals surface area contributed by atoms with Gasteiger partial charge in [-0.3, -0.25) is 0 Å². The van der Waals surface area contributed by atoms with Crippen molar-refractivity contribution in [2.45, 2.75) is 6.92 Å². The molecule has 0 fully saturated rings. The number of anilines is 3. The summed E-state index contributed by atoms with van der Waals surface area (Å²) < 4.78 is 0. The van der Waals surface area contributed by atoms with Gasteiger partial charge in [-0.25, -0.2) is 4.85 Å². The van der Waals surface area contributed by atoms with Gasteiger partial charge >= 0.3 is 0 Å².